The quantitative estimate of drug-likeness (QED) is 0.782. The Morgan fingerprint density at radius 3 is 2.39 bits per heavy atom. The van der Waals surface area contributed by atoms with E-state index >= 15 is 0 Å². The summed E-state index contributed by atoms with van der Waals surface area (Å²) < 4.78 is 1.58. The predicted octanol–water partition coefficient (Wildman–Crippen LogP) is 3.49. The van der Waals surface area contributed by atoms with Gasteiger partial charge in [0.15, 0.2) is 5.65 Å². The lowest BCUT2D eigenvalue weighted by Crippen LogP contribution is -2.15. The molecule has 118 valence electrons. The van der Waals surface area contributed by atoms with Gasteiger partial charge in [-0.2, -0.15) is 5.10 Å². The van der Waals surface area contributed by atoms with Crippen molar-refractivity contribution in [1.29, 1.82) is 0 Å². The molecule has 3 rings (SSSR count). The molecular formula is C15H12Cl2N4O2. The molecule has 1 aromatic carbocycles. The largest absolute Gasteiger partial charge is 0.478 e. The Hall–Kier alpha value is -2.31. The number of carboxylic acid groups (broad SMARTS) is 1. The van der Waals surface area contributed by atoms with Gasteiger partial charge in [-0.05, 0) is 18.2 Å². The fourth-order valence-corrected chi connectivity index (χ4v) is 2.97. The van der Waals surface area contributed by atoms with Crippen LogP contribution in [0.3, 0.4) is 0 Å². The maximum Gasteiger partial charge on any atom is 0.339 e. The Balaban J connectivity index is 2.30. The minimum atomic E-state index is -1.04. The normalized spacial score (nSPS) is 11.0. The second kappa shape index (κ2) is 5.72. The average molecular weight is 351 g/mol. The third-order valence-electron chi connectivity index (χ3n) is 3.34. The van der Waals surface area contributed by atoms with Crippen LogP contribution < -0.4 is 4.90 Å². The molecule has 3 aromatic rings. The van der Waals surface area contributed by atoms with E-state index in [0.29, 0.717) is 32.5 Å². The van der Waals surface area contributed by atoms with Gasteiger partial charge in [0.05, 0.1) is 23.0 Å². The van der Waals surface area contributed by atoms with Gasteiger partial charge in [-0.3, -0.25) is 0 Å². The second-order valence-corrected chi connectivity index (χ2v) is 6.01. The summed E-state index contributed by atoms with van der Waals surface area (Å²) >= 11 is 12.1. The van der Waals surface area contributed by atoms with Crippen LogP contribution in [0.2, 0.25) is 10.0 Å². The van der Waals surface area contributed by atoms with E-state index in [2.05, 4.69) is 10.1 Å². The lowest BCUT2D eigenvalue weighted by atomic mass is 10.1. The van der Waals surface area contributed by atoms with Crippen molar-refractivity contribution in [3.63, 3.8) is 0 Å². The van der Waals surface area contributed by atoms with E-state index in [1.165, 1.54) is 6.20 Å². The minimum absolute atomic E-state index is 0.117. The molecule has 0 atom stereocenters. The van der Waals surface area contributed by atoms with Crippen LogP contribution >= 0.6 is 23.2 Å². The third-order valence-corrected chi connectivity index (χ3v) is 3.78. The molecule has 0 fully saturated rings. The number of pyridine rings is 1. The molecule has 2 heterocycles. The van der Waals surface area contributed by atoms with Gasteiger partial charge in [-0.25, -0.2) is 14.5 Å². The number of carboxylic acids is 1. The number of aromatic carboxylic acids is 1. The van der Waals surface area contributed by atoms with E-state index in [-0.39, 0.29) is 5.56 Å². The topological polar surface area (TPSA) is 71.2 Å². The minimum Gasteiger partial charge on any atom is -0.478 e. The van der Waals surface area contributed by atoms with Gasteiger partial charge in [0.1, 0.15) is 5.56 Å². The summed E-state index contributed by atoms with van der Waals surface area (Å²) in [6.45, 7) is 0. The van der Waals surface area contributed by atoms with E-state index in [0.717, 1.165) is 0 Å². The van der Waals surface area contributed by atoms with E-state index in [9.17, 15) is 9.90 Å². The number of hydrogen-bond donors (Lipinski definition) is 1. The Morgan fingerprint density at radius 2 is 1.83 bits per heavy atom. The predicted molar refractivity (Wildman–Crippen MR) is 90.2 cm³/mol. The van der Waals surface area contributed by atoms with Gasteiger partial charge in [0.25, 0.3) is 0 Å². The highest BCUT2D eigenvalue weighted by Crippen LogP contribution is 2.30. The number of fused-ring (bicyclic) bond motifs is 1. The summed E-state index contributed by atoms with van der Waals surface area (Å²) in [4.78, 5) is 17.4. The maximum atomic E-state index is 11.4. The van der Waals surface area contributed by atoms with E-state index < -0.39 is 5.97 Å². The van der Waals surface area contributed by atoms with Crippen LogP contribution in [0.1, 0.15) is 10.4 Å². The molecule has 23 heavy (non-hydrogen) atoms. The Labute approximate surface area is 141 Å². The molecule has 0 aliphatic heterocycles. The molecule has 0 saturated heterocycles. The molecule has 0 bridgehead atoms. The third kappa shape index (κ3) is 2.71. The van der Waals surface area contributed by atoms with Crippen LogP contribution in [0.25, 0.3) is 16.7 Å². The Bertz CT molecular complexity index is 901. The molecule has 0 amide bonds. The maximum absolute atomic E-state index is 11.4. The second-order valence-electron chi connectivity index (χ2n) is 5.14. The smallest absolute Gasteiger partial charge is 0.339 e. The molecule has 0 spiro atoms. The zero-order valence-electron chi connectivity index (χ0n) is 12.3. The molecule has 6 nitrogen and oxygen atoms in total. The van der Waals surface area contributed by atoms with Gasteiger partial charge in [-0.1, -0.05) is 23.2 Å². The van der Waals surface area contributed by atoms with E-state index in [1.807, 2.05) is 0 Å². The number of nitrogens with zero attached hydrogens (tertiary/aromatic N) is 4. The Morgan fingerprint density at radius 1 is 1.17 bits per heavy atom. The lowest BCUT2D eigenvalue weighted by molar-refractivity contribution is 0.0697. The van der Waals surface area contributed by atoms with E-state index in [4.69, 9.17) is 23.2 Å². The molecule has 0 unspecified atom stereocenters. The average Bonchev–Trinajstić information content (AvgIpc) is 2.88. The standard InChI is InChI=1S/C15H12Cl2N4O2/c1-20(2)13-11-7-19-21(10-4-8(16)3-9(17)5-10)14(11)18-6-12(13)15(22)23/h3-7H,1-2H3,(H,22,23). The van der Waals surface area contributed by atoms with Gasteiger partial charge < -0.3 is 10.0 Å². The first-order valence-corrected chi connectivity index (χ1v) is 7.38. The number of hydrogen-bond acceptors (Lipinski definition) is 4. The first-order valence-electron chi connectivity index (χ1n) is 6.62. The summed E-state index contributed by atoms with van der Waals surface area (Å²) in [7, 11) is 3.55. The number of carbonyl (C=O) groups is 1. The number of benzene rings is 1. The van der Waals surface area contributed by atoms with Gasteiger partial charge >= 0.3 is 5.97 Å². The van der Waals surface area contributed by atoms with Crippen LogP contribution in [0, 0.1) is 0 Å². The molecule has 1 N–H and O–H groups in total. The van der Waals surface area contributed by atoms with Crippen LogP contribution in [-0.4, -0.2) is 39.9 Å². The summed E-state index contributed by atoms with van der Waals surface area (Å²) in [6.07, 6.45) is 2.91. The first kappa shape index (κ1) is 15.6. The monoisotopic (exact) mass is 350 g/mol. The summed E-state index contributed by atoms with van der Waals surface area (Å²) in [6, 6.07) is 5.05. The number of aromatic nitrogens is 3. The van der Waals surface area contributed by atoms with Crippen LogP contribution in [0.5, 0.6) is 0 Å². The summed E-state index contributed by atoms with van der Waals surface area (Å²) in [5.41, 5.74) is 1.84. The molecule has 0 aliphatic rings. The molecule has 2 aromatic heterocycles. The van der Waals surface area contributed by atoms with Crippen molar-refractivity contribution in [1.82, 2.24) is 14.8 Å². The number of anilines is 1. The highest BCUT2D eigenvalue weighted by atomic mass is 35.5. The van der Waals surface area contributed by atoms with Crippen molar-refractivity contribution < 1.29 is 9.90 Å². The van der Waals surface area contributed by atoms with Crippen molar-refractivity contribution in [3.8, 4) is 5.69 Å². The van der Waals surface area contributed by atoms with E-state index in [1.54, 1.807) is 48.1 Å². The summed E-state index contributed by atoms with van der Waals surface area (Å²) in [5, 5.41) is 15.2. The number of rotatable bonds is 3. The lowest BCUT2D eigenvalue weighted by Gasteiger charge is -2.16. The van der Waals surface area contributed by atoms with Gasteiger partial charge in [0.2, 0.25) is 0 Å². The van der Waals surface area contributed by atoms with Crippen LogP contribution in [-0.2, 0) is 0 Å². The van der Waals surface area contributed by atoms with Crippen molar-refractivity contribution >= 4 is 45.9 Å². The molecule has 0 saturated carbocycles. The van der Waals surface area contributed by atoms with Crippen LogP contribution in [0.15, 0.2) is 30.6 Å². The van der Waals surface area contributed by atoms with Crippen molar-refractivity contribution in [3.05, 3.63) is 46.2 Å². The van der Waals surface area contributed by atoms with Gasteiger partial charge in [-0.15, -0.1) is 0 Å². The zero-order chi connectivity index (χ0) is 16.7. The first-order chi connectivity index (χ1) is 10.9. The Kier molecular flexibility index (Phi) is 3.87. The molecular weight excluding hydrogens is 339 g/mol. The van der Waals surface area contributed by atoms with Crippen molar-refractivity contribution in [2.24, 2.45) is 0 Å². The SMILES string of the molecule is CN(C)c1c(C(=O)O)cnc2c1cnn2-c1cc(Cl)cc(Cl)c1. The highest BCUT2D eigenvalue weighted by molar-refractivity contribution is 6.34. The molecule has 8 heteroatoms. The highest BCUT2D eigenvalue weighted by Gasteiger charge is 2.19. The van der Waals surface area contributed by atoms with Gasteiger partial charge in [0, 0.05) is 30.3 Å². The van der Waals surface area contributed by atoms with Crippen LogP contribution in [0.4, 0.5) is 5.69 Å². The van der Waals surface area contributed by atoms with Crippen molar-refractivity contribution in [2.75, 3.05) is 19.0 Å². The summed E-state index contributed by atoms with van der Waals surface area (Å²) in [5.74, 6) is -1.04. The fraction of sp³-hybridized carbons (Fsp3) is 0.133. The molecule has 0 radical (unpaired) electrons. The number of halogens is 2. The zero-order valence-corrected chi connectivity index (χ0v) is 13.8. The molecule has 0 aliphatic carbocycles. The fourth-order valence-electron chi connectivity index (χ4n) is 2.45. The van der Waals surface area contributed by atoms with Crippen molar-refractivity contribution in [2.45, 2.75) is 0 Å².